The van der Waals surface area contributed by atoms with Gasteiger partial charge in [0.25, 0.3) is 5.91 Å². The van der Waals surface area contributed by atoms with E-state index >= 15 is 0 Å². The van der Waals surface area contributed by atoms with Crippen LogP contribution in [-0.2, 0) is 11.2 Å². The third kappa shape index (κ3) is 3.33. The minimum atomic E-state index is -0.148. The van der Waals surface area contributed by atoms with E-state index < -0.39 is 0 Å². The highest BCUT2D eigenvalue weighted by atomic mass is 16.7. The van der Waals surface area contributed by atoms with Crippen molar-refractivity contribution >= 4 is 11.8 Å². The molecule has 1 aromatic carbocycles. The maximum Gasteiger partial charge on any atom is 0.254 e. The van der Waals surface area contributed by atoms with Crippen LogP contribution in [0.5, 0.6) is 11.5 Å². The lowest BCUT2D eigenvalue weighted by molar-refractivity contribution is -0.128. The highest BCUT2D eigenvalue weighted by molar-refractivity contribution is 5.96. The van der Waals surface area contributed by atoms with E-state index in [0.717, 1.165) is 12.0 Å². The van der Waals surface area contributed by atoms with Crippen LogP contribution in [0.1, 0.15) is 15.9 Å². The number of aromatic nitrogens is 1. The zero-order chi connectivity index (χ0) is 17.9. The zero-order valence-electron chi connectivity index (χ0n) is 14.2. The van der Waals surface area contributed by atoms with E-state index in [4.69, 9.17) is 9.47 Å². The average Bonchev–Trinajstić information content (AvgIpc) is 3.09. The number of rotatable bonds is 5. The molecule has 26 heavy (non-hydrogen) atoms. The first-order chi connectivity index (χ1) is 12.7. The molecule has 1 N–H and O–H groups in total. The quantitative estimate of drug-likeness (QED) is 0.875. The van der Waals surface area contributed by atoms with Gasteiger partial charge in [0.2, 0.25) is 12.7 Å². The standard InChI is InChI=1S/C19H19N3O4/c23-18(21-8-5-13-3-6-20-7-4-13)15-10-22(11-15)19(24)14-1-2-16-17(9-14)26-12-25-16/h1-4,6-7,9,15H,5,8,10-12H2,(H,21,23). The third-order valence-electron chi connectivity index (χ3n) is 4.62. The van der Waals surface area contributed by atoms with E-state index in [1.54, 1.807) is 35.5 Å². The third-order valence-corrected chi connectivity index (χ3v) is 4.62. The van der Waals surface area contributed by atoms with Gasteiger partial charge in [0.15, 0.2) is 11.5 Å². The number of ether oxygens (including phenoxy) is 2. The Labute approximate surface area is 150 Å². The minimum Gasteiger partial charge on any atom is -0.454 e. The number of amides is 2. The van der Waals surface area contributed by atoms with Crippen LogP contribution in [0, 0.1) is 5.92 Å². The Morgan fingerprint density at radius 2 is 1.88 bits per heavy atom. The molecular formula is C19H19N3O4. The van der Waals surface area contributed by atoms with Crippen molar-refractivity contribution < 1.29 is 19.1 Å². The van der Waals surface area contributed by atoms with Crippen molar-refractivity contribution in [1.29, 1.82) is 0 Å². The highest BCUT2D eigenvalue weighted by Crippen LogP contribution is 2.33. The van der Waals surface area contributed by atoms with Crippen molar-refractivity contribution in [3.05, 3.63) is 53.9 Å². The minimum absolute atomic E-state index is 0.00575. The molecule has 2 aliphatic heterocycles. The summed E-state index contributed by atoms with van der Waals surface area (Å²) >= 11 is 0. The van der Waals surface area contributed by atoms with Gasteiger partial charge in [0.05, 0.1) is 5.92 Å². The SMILES string of the molecule is O=C(NCCc1ccncc1)C1CN(C(=O)c2ccc3c(c2)OCO3)C1. The van der Waals surface area contributed by atoms with Gasteiger partial charge in [-0.25, -0.2) is 0 Å². The lowest BCUT2D eigenvalue weighted by Gasteiger charge is -2.38. The first-order valence-electron chi connectivity index (χ1n) is 8.56. The van der Waals surface area contributed by atoms with Crippen LogP contribution in [0.15, 0.2) is 42.7 Å². The second-order valence-corrected chi connectivity index (χ2v) is 6.37. The van der Waals surface area contributed by atoms with Crippen molar-refractivity contribution in [2.45, 2.75) is 6.42 Å². The number of hydrogen-bond donors (Lipinski definition) is 1. The molecule has 1 aromatic heterocycles. The molecule has 0 bridgehead atoms. The maximum atomic E-state index is 12.5. The summed E-state index contributed by atoms with van der Waals surface area (Å²) in [4.78, 5) is 30.3. The van der Waals surface area contributed by atoms with Crippen LogP contribution in [-0.4, -0.2) is 48.1 Å². The number of carbonyl (C=O) groups excluding carboxylic acids is 2. The Morgan fingerprint density at radius 1 is 1.12 bits per heavy atom. The summed E-state index contributed by atoms with van der Waals surface area (Å²) in [6.45, 7) is 1.64. The van der Waals surface area contributed by atoms with Crippen molar-refractivity contribution in [1.82, 2.24) is 15.2 Å². The fourth-order valence-electron chi connectivity index (χ4n) is 3.05. The van der Waals surface area contributed by atoms with Crippen LogP contribution in [0.25, 0.3) is 0 Å². The van der Waals surface area contributed by atoms with Crippen LogP contribution in [0.4, 0.5) is 0 Å². The Kier molecular flexibility index (Phi) is 4.43. The monoisotopic (exact) mass is 353 g/mol. The van der Waals surface area contributed by atoms with E-state index in [-0.39, 0.29) is 24.5 Å². The number of nitrogens with one attached hydrogen (secondary N) is 1. The van der Waals surface area contributed by atoms with Crippen molar-refractivity contribution in [3.63, 3.8) is 0 Å². The molecule has 2 amide bonds. The molecular weight excluding hydrogens is 334 g/mol. The summed E-state index contributed by atoms with van der Waals surface area (Å²) in [6.07, 6.45) is 4.24. The molecule has 0 saturated carbocycles. The number of hydrogen-bond acceptors (Lipinski definition) is 5. The number of nitrogens with zero attached hydrogens (tertiary/aromatic N) is 2. The first-order valence-corrected chi connectivity index (χ1v) is 8.56. The molecule has 3 heterocycles. The van der Waals surface area contributed by atoms with Gasteiger partial charge in [-0.15, -0.1) is 0 Å². The lowest BCUT2D eigenvalue weighted by Crippen LogP contribution is -2.55. The largest absolute Gasteiger partial charge is 0.454 e. The summed E-state index contributed by atoms with van der Waals surface area (Å²) < 4.78 is 10.5. The molecule has 1 saturated heterocycles. The molecule has 7 heteroatoms. The second kappa shape index (κ2) is 7.03. The number of benzene rings is 1. The topological polar surface area (TPSA) is 80.8 Å². The van der Waals surface area contributed by atoms with Gasteiger partial charge in [-0.05, 0) is 42.3 Å². The molecule has 134 valence electrons. The van der Waals surface area contributed by atoms with Crippen molar-refractivity contribution in [2.75, 3.05) is 26.4 Å². The van der Waals surface area contributed by atoms with E-state index in [2.05, 4.69) is 10.3 Å². The van der Waals surface area contributed by atoms with Gasteiger partial charge >= 0.3 is 0 Å². The van der Waals surface area contributed by atoms with Crippen LogP contribution >= 0.6 is 0 Å². The predicted octanol–water partition coefficient (Wildman–Crippen LogP) is 1.24. The number of fused-ring (bicyclic) bond motifs is 1. The number of carbonyl (C=O) groups is 2. The van der Waals surface area contributed by atoms with E-state index in [0.29, 0.717) is 36.7 Å². The van der Waals surface area contributed by atoms with Gasteiger partial charge in [0, 0.05) is 37.6 Å². The maximum absolute atomic E-state index is 12.5. The van der Waals surface area contributed by atoms with Gasteiger partial charge in [-0.2, -0.15) is 0 Å². The average molecular weight is 353 g/mol. The number of pyridine rings is 1. The second-order valence-electron chi connectivity index (χ2n) is 6.37. The predicted molar refractivity (Wildman–Crippen MR) is 92.9 cm³/mol. The van der Waals surface area contributed by atoms with E-state index in [1.807, 2.05) is 12.1 Å². The summed E-state index contributed by atoms with van der Waals surface area (Å²) in [5.41, 5.74) is 1.68. The molecule has 0 atom stereocenters. The molecule has 0 unspecified atom stereocenters. The Hall–Kier alpha value is -3.09. The molecule has 0 aliphatic carbocycles. The van der Waals surface area contributed by atoms with Gasteiger partial charge in [-0.3, -0.25) is 14.6 Å². The summed E-state index contributed by atoms with van der Waals surface area (Å²) in [5.74, 6) is 0.988. The molecule has 4 rings (SSSR count). The van der Waals surface area contributed by atoms with E-state index in [9.17, 15) is 9.59 Å². The fraction of sp³-hybridized carbons (Fsp3) is 0.316. The van der Waals surface area contributed by atoms with Crippen LogP contribution in [0.3, 0.4) is 0 Å². The Morgan fingerprint density at radius 3 is 2.69 bits per heavy atom. The lowest BCUT2D eigenvalue weighted by atomic mass is 9.97. The molecule has 2 aromatic rings. The summed E-state index contributed by atoms with van der Waals surface area (Å²) in [6, 6.07) is 9.01. The van der Waals surface area contributed by atoms with Crippen LogP contribution < -0.4 is 14.8 Å². The molecule has 0 spiro atoms. The Balaban J connectivity index is 1.24. The molecule has 0 radical (unpaired) electrons. The van der Waals surface area contributed by atoms with E-state index in [1.165, 1.54) is 0 Å². The van der Waals surface area contributed by atoms with Gasteiger partial charge < -0.3 is 19.7 Å². The molecule has 1 fully saturated rings. The normalized spacial score (nSPS) is 15.5. The summed E-state index contributed by atoms with van der Waals surface area (Å²) in [7, 11) is 0. The Bertz CT molecular complexity index is 819. The zero-order valence-corrected chi connectivity index (χ0v) is 14.2. The van der Waals surface area contributed by atoms with Crippen LogP contribution in [0.2, 0.25) is 0 Å². The van der Waals surface area contributed by atoms with Crippen molar-refractivity contribution in [3.8, 4) is 11.5 Å². The first kappa shape index (κ1) is 16.4. The van der Waals surface area contributed by atoms with Gasteiger partial charge in [-0.1, -0.05) is 0 Å². The van der Waals surface area contributed by atoms with Gasteiger partial charge in [0.1, 0.15) is 0 Å². The number of likely N-dealkylation sites (tertiary alicyclic amines) is 1. The highest BCUT2D eigenvalue weighted by Gasteiger charge is 2.36. The van der Waals surface area contributed by atoms with Crippen molar-refractivity contribution in [2.24, 2.45) is 5.92 Å². The smallest absolute Gasteiger partial charge is 0.254 e. The summed E-state index contributed by atoms with van der Waals surface area (Å²) in [5, 5.41) is 2.93. The molecule has 7 nitrogen and oxygen atoms in total. The fourth-order valence-corrected chi connectivity index (χ4v) is 3.05. The molecule has 2 aliphatic rings.